The largest absolute Gasteiger partial charge is 0.490 e. The maximum absolute atomic E-state index is 11.8. The van der Waals surface area contributed by atoms with Crippen molar-refractivity contribution in [1.29, 1.82) is 0 Å². The third-order valence-electron chi connectivity index (χ3n) is 2.65. The molecule has 2 aromatic rings. The molecule has 10 heteroatoms. The molecule has 2 heterocycles. The molecule has 108 valence electrons. The van der Waals surface area contributed by atoms with Crippen molar-refractivity contribution in [3.05, 3.63) is 34.6 Å². The summed E-state index contributed by atoms with van der Waals surface area (Å²) in [6.07, 6.45) is 1.12. The number of nitrogens with one attached hydrogen (secondary N) is 1. The van der Waals surface area contributed by atoms with Crippen LogP contribution in [0.15, 0.2) is 24.5 Å². The Morgan fingerprint density at radius 2 is 2.24 bits per heavy atom. The van der Waals surface area contributed by atoms with Crippen molar-refractivity contribution in [2.75, 3.05) is 12.1 Å². The zero-order valence-electron chi connectivity index (χ0n) is 10.6. The number of rotatable bonds is 4. The summed E-state index contributed by atoms with van der Waals surface area (Å²) < 4.78 is 11.4. The Bertz CT molecular complexity index is 713. The molecule has 0 saturated carbocycles. The summed E-state index contributed by atoms with van der Waals surface area (Å²) in [5.74, 6) is 0.212. The van der Waals surface area contributed by atoms with Crippen LogP contribution in [-0.2, 0) is 11.3 Å². The Morgan fingerprint density at radius 3 is 3.00 bits per heavy atom. The van der Waals surface area contributed by atoms with Gasteiger partial charge in [-0.25, -0.2) is 0 Å². The lowest BCUT2D eigenvalue weighted by Gasteiger charge is -2.04. The number of hydrogen-bond donors (Lipinski definition) is 1. The SMILES string of the molecule is O=C(Cn1cnc([N+](=O)[O-])n1)Nc1ccc2c(c1)OCO2. The third kappa shape index (κ3) is 2.73. The molecule has 0 saturated heterocycles. The topological polar surface area (TPSA) is 121 Å². The first-order valence-corrected chi connectivity index (χ1v) is 5.85. The van der Waals surface area contributed by atoms with E-state index in [1.54, 1.807) is 18.2 Å². The predicted octanol–water partition coefficient (Wildman–Crippen LogP) is 0.554. The van der Waals surface area contributed by atoms with Gasteiger partial charge in [-0.3, -0.25) is 4.79 Å². The van der Waals surface area contributed by atoms with Gasteiger partial charge in [0.05, 0.1) is 0 Å². The lowest BCUT2D eigenvalue weighted by molar-refractivity contribution is -0.394. The quantitative estimate of drug-likeness (QED) is 0.644. The number of nitrogens with zero attached hydrogens (tertiary/aromatic N) is 4. The summed E-state index contributed by atoms with van der Waals surface area (Å²) >= 11 is 0. The average Bonchev–Trinajstić information content (AvgIpc) is 3.06. The van der Waals surface area contributed by atoms with Crippen LogP contribution in [0.5, 0.6) is 11.5 Å². The number of hydrogen-bond acceptors (Lipinski definition) is 7. The van der Waals surface area contributed by atoms with Crippen molar-refractivity contribution < 1.29 is 19.2 Å². The fraction of sp³-hybridized carbons (Fsp3) is 0.182. The van der Waals surface area contributed by atoms with Crippen molar-refractivity contribution in [2.45, 2.75) is 6.54 Å². The minimum atomic E-state index is -0.730. The molecule has 1 N–H and O–H groups in total. The standard InChI is InChI=1S/C11H9N5O5/c17-10(4-15-5-12-11(14-15)16(18)19)13-7-1-2-8-9(3-7)21-6-20-8/h1-3,5H,4,6H2,(H,13,17). The molecule has 0 fully saturated rings. The van der Waals surface area contributed by atoms with Gasteiger partial charge in [-0.05, 0) is 17.1 Å². The van der Waals surface area contributed by atoms with Crippen LogP contribution < -0.4 is 14.8 Å². The van der Waals surface area contributed by atoms with Crippen LogP contribution in [0.25, 0.3) is 0 Å². The minimum Gasteiger partial charge on any atom is -0.454 e. The van der Waals surface area contributed by atoms with E-state index in [4.69, 9.17) is 9.47 Å². The van der Waals surface area contributed by atoms with E-state index in [9.17, 15) is 14.9 Å². The average molecular weight is 291 g/mol. The highest BCUT2D eigenvalue weighted by Gasteiger charge is 2.17. The van der Waals surface area contributed by atoms with Gasteiger partial charge in [0.15, 0.2) is 11.5 Å². The van der Waals surface area contributed by atoms with E-state index in [0.29, 0.717) is 17.2 Å². The van der Waals surface area contributed by atoms with Crippen LogP contribution in [0.1, 0.15) is 0 Å². The Hall–Kier alpha value is -3.17. The number of aromatic nitrogens is 3. The molecule has 1 aliphatic heterocycles. The summed E-state index contributed by atoms with van der Waals surface area (Å²) in [5, 5.41) is 16.6. The second kappa shape index (κ2) is 5.07. The Morgan fingerprint density at radius 1 is 1.43 bits per heavy atom. The molecule has 0 bridgehead atoms. The van der Waals surface area contributed by atoms with Crippen LogP contribution in [-0.4, -0.2) is 32.4 Å². The summed E-state index contributed by atoms with van der Waals surface area (Å²) in [5.41, 5.74) is 0.527. The molecule has 0 radical (unpaired) electrons. The van der Waals surface area contributed by atoms with Gasteiger partial charge >= 0.3 is 5.95 Å². The molecule has 1 amide bonds. The van der Waals surface area contributed by atoms with Gasteiger partial charge in [0.2, 0.25) is 19.0 Å². The van der Waals surface area contributed by atoms with E-state index in [1.807, 2.05) is 0 Å². The molecule has 0 unspecified atom stereocenters. The number of benzene rings is 1. The normalized spacial score (nSPS) is 12.2. The van der Waals surface area contributed by atoms with E-state index in [2.05, 4.69) is 15.4 Å². The van der Waals surface area contributed by atoms with E-state index in [1.165, 1.54) is 0 Å². The molecule has 1 aliphatic rings. The van der Waals surface area contributed by atoms with Gasteiger partial charge < -0.3 is 24.9 Å². The minimum absolute atomic E-state index is 0.148. The Kier molecular flexibility index (Phi) is 3.10. The second-order valence-electron chi connectivity index (χ2n) is 4.12. The monoisotopic (exact) mass is 291 g/mol. The summed E-state index contributed by atoms with van der Waals surface area (Å²) in [4.78, 5) is 25.0. The molecule has 21 heavy (non-hydrogen) atoms. The Balaban J connectivity index is 1.64. The number of anilines is 1. The second-order valence-corrected chi connectivity index (χ2v) is 4.12. The molecular formula is C11H9N5O5. The van der Waals surface area contributed by atoms with Crippen LogP contribution in [0.3, 0.4) is 0 Å². The van der Waals surface area contributed by atoms with Gasteiger partial charge in [0.25, 0.3) is 0 Å². The molecule has 1 aromatic carbocycles. The smallest absolute Gasteiger partial charge is 0.454 e. The van der Waals surface area contributed by atoms with Gasteiger partial charge in [0, 0.05) is 16.9 Å². The van der Waals surface area contributed by atoms with Crippen LogP contribution in [0, 0.1) is 10.1 Å². The zero-order valence-corrected chi connectivity index (χ0v) is 10.6. The number of ether oxygens (including phenoxy) is 2. The van der Waals surface area contributed by atoms with Gasteiger partial charge in [0.1, 0.15) is 6.54 Å². The number of fused-ring (bicyclic) bond motifs is 1. The van der Waals surface area contributed by atoms with Crippen molar-refractivity contribution in [2.24, 2.45) is 0 Å². The lowest BCUT2D eigenvalue weighted by atomic mass is 10.3. The molecule has 3 rings (SSSR count). The summed E-state index contributed by atoms with van der Waals surface area (Å²) in [6, 6.07) is 4.97. The van der Waals surface area contributed by atoms with Crippen LogP contribution in [0.4, 0.5) is 11.6 Å². The fourth-order valence-electron chi connectivity index (χ4n) is 1.77. The molecule has 10 nitrogen and oxygen atoms in total. The van der Waals surface area contributed by atoms with Crippen molar-refractivity contribution in [1.82, 2.24) is 14.8 Å². The first-order valence-electron chi connectivity index (χ1n) is 5.85. The highest BCUT2D eigenvalue weighted by atomic mass is 16.7. The van der Waals surface area contributed by atoms with Crippen molar-refractivity contribution in [3.63, 3.8) is 0 Å². The first kappa shape index (κ1) is 12.8. The maximum Gasteiger partial charge on any atom is 0.490 e. The molecule has 0 spiro atoms. The van der Waals surface area contributed by atoms with E-state index >= 15 is 0 Å². The maximum atomic E-state index is 11.8. The fourth-order valence-corrected chi connectivity index (χ4v) is 1.77. The molecular weight excluding hydrogens is 282 g/mol. The van der Waals surface area contributed by atoms with Crippen LogP contribution >= 0.6 is 0 Å². The molecule has 0 aliphatic carbocycles. The van der Waals surface area contributed by atoms with E-state index < -0.39 is 16.8 Å². The van der Waals surface area contributed by atoms with Gasteiger partial charge in [-0.1, -0.05) is 4.98 Å². The summed E-state index contributed by atoms with van der Waals surface area (Å²) in [6.45, 7) is -0.0371. The Labute approximate surface area is 117 Å². The summed E-state index contributed by atoms with van der Waals surface area (Å²) in [7, 11) is 0. The number of nitro groups is 1. The predicted molar refractivity (Wildman–Crippen MR) is 67.9 cm³/mol. The zero-order chi connectivity index (χ0) is 14.8. The van der Waals surface area contributed by atoms with Gasteiger partial charge in [-0.2, -0.15) is 4.68 Å². The number of amides is 1. The first-order chi connectivity index (χ1) is 10.1. The molecule has 0 atom stereocenters. The van der Waals surface area contributed by atoms with E-state index in [-0.39, 0.29) is 13.3 Å². The number of carbonyl (C=O) groups is 1. The van der Waals surface area contributed by atoms with Crippen molar-refractivity contribution >= 4 is 17.5 Å². The third-order valence-corrected chi connectivity index (χ3v) is 2.65. The molecule has 1 aromatic heterocycles. The number of carbonyl (C=O) groups excluding carboxylic acids is 1. The van der Waals surface area contributed by atoms with Crippen LogP contribution in [0.2, 0.25) is 0 Å². The highest BCUT2D eigenvalue weighted by Crippen LogP contribution is 2.34. The van der Waals surface area contributed by atoms with E-state index in [0.717, 1.165) is 11.0 Å². The highest BCUT2D eigenvalue weighted by molar-refractivity contribution is 5.90. The van der Waals surface area contributed by atoms with Crippen molar-refractivity contribution in [3.8, 4) is 11.5 Å². The van der Waals surface area contributed by atoms with Gasteiger partial charge in [-0.15, -0.1) is 0 Å². The lowest BCUT2D eigenvalue weighted by Crippen LogP contribution is -2.19.